The van der Waals surface area contributed by atoms with Crippen molar-refractivity contribution in [3.8, 4) is 0 Å². The third-order valence-corrected chi connectivity index (χ3v) is 5.19. The first-order valence-electron chi connectivity index (χ1n) is 4.42. The minimum atomic E-state index is 0.758. The molecule has 0 atom stereocenters. The highest BCUT2D eigenvalue weighted by Gasteiger charge is 2.07. The van der Waals surface area contributed by atoms with Gasteiger partial charge in [0.05, 0.1) is 4.88 Å². The maximum absolute atomic E-state index is 10.8. The standard InChI is InChI=1S/C11H8OS3/c12-7-10-9(11(13)15-14-10)6-8-4-2-1-3-5-8/h1-5,7H,6H2. The van der Waals surface area contributed by atoms with Gasteiger partial charge in [-0.1, -0.05) is 63.2 Å². The molecule has 0 spiro atoms. The monoisotopic (exact) mass is 252 g/mol. The highest BCUT2D eigenvalue weighted by molar-refractivity contribution is 7.79. The van der Waals surface area contributed by atoms with Crippen LogP contribution in [0.25, 0.3) is 0 Å². The van der Waals surface area contributed by atoms with E-state index in [1.54, 1.807) is 0 Å². The van der Waals surface area contributed by atoms with Crippen molar-refractivity contribution in [1.29, 1.82) is 0 Å². The third-order valence-electron chi connectivity index (χ3n) is 2.08. The van der Waals surface area contributed by atoms with Gasteiger partial charge in [0.25, 0.3) is 0 Å². The maximum Gasteiger partial charge on any atom is 0.161 e. The summed E-state index contributed by atoms with van der Waals surface area (Å²) in [7, 11) is 2.96. The molecule has 1 aromatic heterocycles. The van der Waals surface area contributed by atoms with Crippen LogP contribution in [-0.2, 0) is 6.42 Å². The number of hydrogen-bond donors (Lipinski definition) is 0. The van der Waals surface area contributed by atoms with Crippen molar-refractivity contribution in [3.05, 3.63) is 50.2 Å². The summed E-state index contributed by atoms with van der Waals surface area (Å²) in [5.41, 5.74) is 2.19. The van der Waals surface area contributed by atoms with E-state index >= 15 is 0 Å². The van der Waals surface area contributed by atoms with Crippen LogP contribution < -0.4 is 0 Å². The highest BCUT2D eigenvalue weighted by atomic mass is 32.9. The average Bonchev–Trinajstić information content (AvgIpc) is 2.62. The zero-order valence-electron chi connectivity index (χ0n) is 7.80. The summed E-state index contributed by atoms with van der Waals surface area (Å²) in [6, 6.07) is 10.1. The Morgan fingerprint density at radius 2 is 1.93 bits per heavy atom. The van der Waals surface area contributed by atoms with Gasteiger partial charge >= 0.3 is 0 Å². The van der Waals surface area contributed by atoms with Crippen LogP contribution >= 0.6 is 32.9 Å². The minimum absolute atomic E-state index is 0.758. The molecule has 4 heteroatoms. The first-order chi connectivity index (χ1) is 7.31. The molecule has 0 aliphatic heterocycles. The van der Waals surface area contributed by atoms with E-state index in [2.05, 4.69) is 0 Å². The Kier molecular flexibility index (Phi) is 3.41. The minimum Gasteiger partial charge on any atom is -0.297 e. The third kappa shape index (κ3) is 2.40. The summed E-state index contributed by atoms with van der Waals surface area (Å²) >= 11 is 5.21. The molecule has 0 fully saturated rings. The molecule has 0 amide bonds. The topological polar surface area (TPSA) is 17.1 Å². The Hall–Kier alpha value is -0.840. The molecule has 76 valence electrons. The lowest BCUT2D eigenvalue weighted by Gasteiger charge is -1.98. The fourth-order valence-corrected chi connectivity index (χ4v) is 3.93. The predicted molar refractivity (Wildman–Crippen MR) is 67.7 cm³/mol. The normalized spacial score (nSPS) is 10.1. The van der Waals surface area contributed by atoms with Crippen LogP contribution in [0.1, 0.15) is 20.8 Å². The zero-order chi connectivity index (χ0) is 10.7. The van der Waals surface area contributed by atoms with Gasteiger partial charge in [-0.2, -0.15) is 0 Å². The molecular formula is C11H8OS3. The molecule has 2 aromatic rings. The van der Waals surface area contributed by atoms with E-state index in [0.29, 0.717) is 0 Å². The van der Waals surface area contributed by atoms with Crippen molar-refractivity contribution in [2.45, 2.75) is 6.42 Å². The lowest BCUT2D eigenvalue weighted by Crippen LogP contribution is -1.89. The van der Waals surface area contributed by atoms with Gasteiger partial charge in [-0.15, -0.1) is 0 Å². The van der Waals surface area contributed by atoms with Crippen LogP contribution in [0.3, 0.4) is 0 Å². The van der Waals surface area contributed by atoms with Gasteiger partial charge in [0.15, 0.2) is 6.29 Å². The molecule has 0 aliphatic rings. The Balaban J connectivity index is 2.36. The maximum atomic E-state index is 10.8. The van der Waals surface area contributed by atoms with Gasteiger partial charge in [0, 0.05) is 12.0 Å². The number of carbonyl (C=O) groups excluding carboxylic acids is 1. The van der Waals surface area contributed by atoms with Crippen molar-refractivity contribution in [3.63, 3.8) is 0 Å². The Morgan fingerprint density at radius 3 is 2.60 bits per heavy atom. The molecule has 1 nitrogen and oxygen atoms in total. The molecule has 0 bridgehead atoms. The molecule has 0 unspecified atom stereocenters. The molecule has 2 rings (SSSR count). The van der Waals surface area contributed by atoms with Crippen LogP contribution in [0.2, 0.25) is 0 Å². The first kappa shape index (κ1) is 10.7. The fraction of sp³-hybridized carbons (Fsp3) is 0.0909. The quantitative estimate of drug-likeness (QED) is 0.467. The summed E-state index contributed by atoms with van der Waals surface area (Å²) in [6.07, 6.45) is 1.66. The van der Waals surface area contributed by atoms with Gasteiger partial charge in [-0.3, -0.25) is 4.79 Å². The van der Waals surface area contributed by atoms with Gasteiger partial charge in [0.2, 0.25) is 0 Å². The van der Waals surface area contributed by atoms with Gasteiger partial charge in [-0.25, -0.2) is 0 Å². The second-order valence-corrected chi connectivity index (χ2v) is 5.93. The predicted octanol–water partition coefficient (Wildman–Crippen LogP) is 3.94. The van der Waals surface area contributed by atoms with E-state index in [1.807, 2.05) is 30.3 Å². The van der Waals surface area contributed by atoms with Gasteiger partial charge in [-0.05, 0) is 5.56 Å². The van der Waals surface area contributed by atoms with Crippen LogP contribution in [0, 0.1) is 3.82 Å². The number of benzene rings is 1. The van der Waals surface area contributed by atoms with Crippen molar-refractivity contribution in [2.24, 2.45) is 0 Å². The van der Waals surface area contributed by atoms with E-state index in [4.69, 9.17) is 12.2 Å². The first-order valence-corrected chi connectivity index (χ1v) is 6.98. The Bertz CT molecular complexity index is 510. The van der Waals surface area contributed by atoms with Crippen LogP contribution in [0.15, 0.2) is 30.3 Å². The van der Waals surface area contributed by atoms with E-state index in [-0.39, 0.29) is 0 Å². The molecule has 0 aliphatic carbocycles. The lowest BCUT2D eigenvalue weighted by atomic mass is 10.1. The number of carbonyl (C=O) groups is 1. The molecule has 0 radical (unpaired) electrons. The van der Waals surface area contributed by atoms with Gasteiger partial charge in [0.1, 0.15) is 3.82 Å². The molecule has 15 heavy (non-hydrogen) atoms. The molecular weight excluding hydrogens is 244 g/mol. The smallest absolute Gasteiger partial charge is 0.161 e. The van der Waals surface area contributed by atoms with E-state index in [1.165, 1.54) is 26.2 Å². The summed E-state index contributed by atoms with van der Waals surface area (Å²) in [6.45, 7) is 0. The summed E-state index contributed by atoms with van der Waals surface area (Å²) in [4.78, 5) is 11.6. The van der Waals surface area contributed by atoms with E-state index in [9.17, 15) is 4.79 Å². The number of hydrogen-bond acceptors (Lipinski definition) is 4. The van der Waals surface area contributed by atoms with E-state index in [0.717, 1.165) is 27.0 Å². The molecule has 0 N–H and O–H groups in total. The second kappa shape index (κ2) is 4.79. The second-order valence-electron chi connectivity index (χ2n) is 3.08. The summed E-state index contributed by atoms with van der Waals surface area (Å²) in [5, 5.41) is 0. The molecule has 0 saturated heterocycles. The largest absolute Gasteiger partial charge is 0.297 e. The molecule has 1 heterocycles. The summed E-state index contributed by atoms with van der Waals surface area (Å²) in [5.74, 6) is 0. The Morgan fingerprint density at radius 1 is 1.20 bits per heavy atom. The van der Waals surface area contributed by atoms with Crippen molar-refractivity contribution < 1.29 is 4.79 Å². The van der Waals surface area contributed by atoms with Crippen molar-refractivity contribution in [1.82, 2.24) is 0 Å². The zero-order valence-corrected chi connectivity index (χ0v) is 10.3. The van der Waals surface area contributed by atoms with Crippen LogP contribution in [0.4, 0.5) is 0 Å². The van der Waals surface area contributed by atoms with Crippen LogP contribution in [-0.4, -0.2) is 6.29 Å². The molecule has 1 aromatic carbocycles. The van der Waals surface area contributed by atoms with Gasteiger partial charge < -0.3 is 0 Å². The lowest BCUT2D eigenvalue weighted by molar-refractivity contribution is 0.112. The SMILES string of the molecule is O=Cc1ssc(=S)c1Cc1ccccc1. The number of aldehydes is 1. The average molecular weight is 252 g/mol. The summed E-state index contributed by atoms with van der Waals surface area (Å²) < 4.78 is 0.839. The van der Waals surface area contributed by atoms with Crippen molar-refractivity contribution >= 4 is 39.2 Å². The van der Waals surface area contributed by atoms with Crippen LogP contribution in [0.5, 0.6) is 0 Å². The van der Waals surface area contributed by atoms with E-state index < -0.39 is 0 Å². The highest BCUT2D eigenvalue weighted by Crippen LogP contribution is 2.25. The molecule has 0 saturated carbocycles. The number of rotatable bonds is 3. The fourth-order valence-electron chi connectivity index (χ4n) is 1.33. The Labute approximate surface area is 100 Å². The van der Waals surface area contributed by atoms with Crippen molar-refractivity contribution in [2.75, 3.05) is 0 Å².